The Hall–Kier alpha value is -4.02. The predicted molar refractivity (Wildman–Crippen MR) is 148 cm³/mol. The molecule has 0 unspecified atom stereocenters. The van der Waals surface area contributed by atoms with Gasteiger partial charge in [-0.1, -0.05) is 60.1 Å². The molecule has 39 heavy (non-hydrogen) atoms. The largest absolute Gasteiger partial charge is 0.354 e. The van der Waals surface area contributed by atoms with Gasteiger partial charge in [0.05, 0.1) is 17.8 Å². The zero-order chi connectivity index (χ0) is 27.8. The van der Waals surface area contributed by atoms with E-state index in [1.807, 2.05) is 42.5 Å². The summed E-state index contributed by atoms with van der Waals surface area (Å²) in [5.74, 6) is -0.905. The van der Waals surface area contributed by atoms with E-state index in [9.17, 15) is 24.5 Å². The molecule has 0 aromatic heterocycles. The van der Waals surface area contributed by atoms with Crippen molar-refractivity contribution < 1.29 is 19.3 Å². The van der Waals surface area contributed by atoms with E-state index in [1.165, 1.54) is 12.1 Å². The van der Waals surface area contributed by atoms with Crippen LogP contribution in [0.15, 0.2) is 60.7 Å². The third kappa shape index (κ3) is 7.10. The van der Waals surface area contributed by atoms with Gasteiger partial charge in [-0.15, -0.1) is 0 Å². The molecule has 3 aromatic rings. The summed E-state index contributed by atoms with van der Waals surface area (Å²) in [4.78, 5) is 49.2. The Morgan fingerprint density at radius 1 is 0.923 bits per heavy atom. The Morgan fingerprint density at radius 2 is 1.64 bits per heavy atom. The molecule has 1 aliphatic heterocycles. The molecule has 1 aliphatic rings. The Bertz CT molecular complexity index is 1380. The number of rotatable bonds is 10. The molecule has 10 nitrogen and oxygen atoms in total. The van der Waals surface area contributed by atoms with E-state index in [-0.39, 0.29) is 48.5 Å². The van der Waals surface area contributed by atoms with Crippen LogP contribution in [-0.4, -0.2) is 54.4 Å². The maximum absolute atomic E-state index is 13.2. The fraction of sp³-hybridized carbons (Fsp3) is 0.321. The van der Waals surface area contributed by atoms with Crippen molar-refractivity contribution in [2.24, 2.45) is 0 Å². The van der Waals surface area contributed by atoms with Crippen LogP contribution >= 0.6 is 11.6 Å². The van der Waals surface area contributed by atoms with Crippen molar-refractivity contribution in [1.82, 2.24) is 21.3 Å². The number of nitro groups is 1. The van der Waals surface area contributed by atoms with Crippen LogP contribution in [0.25, 0.3) is 10.8 Å². The average Bonchev–Trinajstić information content (AvgIpc) is 2.92. The number of fused-ring (bicyclic) bond motifs is 1. The minimum Gasteiger partial charge on any atom is -0.354 e. The lowest BCUT2D eigenvalue weighted by Crippen LogP contribution is -2.63. The molecular weight excluding hydrogens is 522 g/mol. The van der Waals surface area contributed by atoms with E-state index in [4.69, 9.17) is 11.6 Å². The van der Waals surface area contributed by atoms with Crippen molar-refractivity contribution in [3.8, 4) is 0 Å². The third-order valence-corrected chi connectivity index (χ3v) is 7.13. The summed E-state index contributed by atoms with van der Waals surface area (Å²) >= 11 is 5.86. The molecule has 1 fully saturated rings. The van der Waals surface area contributed by atoms with Gasteiger partial charge in [0.25, 0.3) is 5.69 Å². The number of nitrogens with zero attached hydrogens (tertiary/aromatic N) is 1. The molecule has 3 amide bonds. The van der Waals surface area contributed by atoms with Gasteiger partial charge in [-0.05, 0) is 53.9 Å². The molecule has 0 radical (unpaired) electrons. The van der Waals surface area contributed by atoms with Gasteiger partial charge in [-0.3, -0.25) is 24.5 Å². The number of piperidine rings is 1. The maximum Gasteiger partial charge on any atom is 0.288 e. The summed E-state index contributed by atoms with van der Waals surface area (Å²) in [6.07, 6.45) is 0.867. The normalized spacial score (nSPS) is 14.4. The Kier molecular flexibility index (Phi) is 9.11. The smallest absolute Gasteiger partial charge is 0.288 e. The molecule has 1 heterocycles. The zero-order valence-corrected chi connectivity index (χ0v) is 22.1. The highest BCUT2D eigenvalue weighted by Gasteiger charge is 2.40. The number of halogens is 1. The van der Waals surface area contributed by atoms with E-state index in [2.05, 4.69) is 21.3 Å². The average molecular weight is 552 g/mol. The molecule has 4 N–H and O–H groups in total. The van der Waals surface area contributed by atoms with E-state index in [0.29, 0.717) is 31.5 Å². The number of nitro benzene ring substituents is 1. The van der Waals surface area contributed by atoms with Gasteiger partial charge in [-0.2, -0.15) is 0 Å². The first-order valence-corrected chi connectivity index (χ1v) is 13.1. The van der Waals surface area contributed by atoms with Crippen LogP contribution in [0.2, 0.25) is 5.02 Å². The third-order valence-electron chi connectivity index (χ3n) is 6.81. The van der Waals surface area contributed by atoms with Crippen LogP contribution < -0.4 is 21.3 Å². The first-order valence-electron chi connectivity index (χ1n) is 12.7. The van der Waals surface area contributed by atoms with Gasteiger partial charge >= 0.3 is 0 Å². The van der Waals surface area contributed by atoms with Crippen molar-refractivity contribution in [3.63, 3.8) is 0 Å². The fourth-order valence-electron chi connectivity index (χ4n) is 4.80. The number of carbonyl (C=O) groups is 3. The lowest BCUT2D eigenvalue weighted by Gasteiger charge is -2.37. The molecule has 11 heteroatoms. The second kappa shape index (κ2) is 12.7. The van der Waals surface area contributed by atoms with Crippen LogP contribution in [0.4, 0.5) is 5.69 Å². The lowest BCUT2D eigenvalue weighted by atomic mass is 9.86. The van der Waals surface area contributed by atoms with Gasteiger partial charge in [-0.25, -0.2) is 0 Å². The van der Waals surface area contributed by atoms with Gasteiger partial charge in [0.15, 0.2) is 0 Å². The van der Waals surface area contributed by atoms with Crippen molar-refractivity contribution >= 4 is 45.8 Å². The Balaban J connectivity index is 1.30. The maximum atomic E-state index is 13.2. The van der Waals surface area contributed by atoms with E-state index in [0.717, 1.165) is 16.3 Å². The van der Waals surface area contributed by atoms with E-state index < -0.39 is 16.4 Å². The summed E-state index contributed by atoms with van der Waals surface area (Å²) in [5.41, 5.74) is -0.0500. The molecule has 1 saturated heterocycles. The highest BCUT2D eigenvalue weighted by atomic mass is 35.5. The molecule has 0 atom stereocenters. The standard InChI is InChI=1S/C28H30ClN5O5/c29-23-9-8-19(16-24(23)34(38)39)17-26(36)33-28(10-12-30-13-11-28)27(37)32-15-14-31-25(35)18-21-6-3-5-20-4-1-2-7-22(20)21/h1-9,16,30H,10-15,17-18H2,(H,31,35)(H,32,37)(H,33,36). The quantitative estimate of drug-likeness (QED) is 0.173. The second-order valence-electron chi connectivity index (χ2n) is 9.52. The number of carbonyl (C=O) groups excluding carboxylic acids is 3. The molecule has 0 spiro atoms. The molecular formula is C28H30ClN5O5. The van der Waals surface area contributed by atoms with Crippen molar-refractivity contribution in [2.75, 3.05) is 26.2 Å². The summed E-state index contributed by atoms with van der Waals surface area (Å²) in [6, 6.07) is 17.9. The fourth-order valence-corrected chi connectivity index (χ4v) is 4.98. The summed E-state index contributed by atoms with van der Waals surface area (Å²) in [6.45, 7) is 1.53. The molecule has 4 rings (SSSR count). The first-order chi connectivity index (χ1) is 18.8. The van der Waals surface area contributed by atoms with Crippen molar-refractivity contribution in [2.45, 2.75) is 31.2 Å². The summed E-state index contributed by atoms with van der Waals surface area (Å²) < 4.78 is 0. The van der Waals surface area contributed by atoms with Gasteiger partial charge in [0.2, 0.25) is 17.7 Å². The minimum atomic E-state index is -1.12. The van der Waals surface area contributed by atoms with Crippen molar-refractivity contribution in [1.29, 1.82) is 0 Å². The first kappa shape index (κ1) is 28.0. The number of hydrogen-bond acceptors (Lipinski definition) is 6. The monoisotopic (exact) mass is 551 g/mol. The van der Waals surface area contributed by atoms with E-state index >= 15 is 0 Å². The Labute approximate surface area is 230 Å². The molecule has 0 aliphatic carbocycles. The highest BCUT2D eigenvalue weighted by molar-refractivity contribution is 6.32. The zero-order valence-electron chi connectivity index (χ0n) is 21.3. The molecule has 0 saturated carbocycles. The number of hydrogen-bond donors (Lipinski definition) is 4. The van der Waals surface area contributed by atoms with Crippen LogP contribution in [0.5, 0.6) is 0 Å². The molecule has 204 valence electrons. The SMILES string of the molecule is O=C(Cc1cccc2ccccc12)NCCNC(=O)C1(NC(=O)Cc2ccc(Cl)c([N+](=O)[O-])c2)CCNCC1. The van der Waals surface area contributed by atoms with Crippen LogP contribution in [-0.2, 0) is 27.2 Å². The topological polar surface area (TPSA) is 142 Å². The highest BCUT2D eigenvalue weighted by Crippen LogP contribution is 2.26. The van der Waals surface area contributed by atoms with Crippen molar-refractivity contribution in [3.05, 3.63) is 86.9 Å². The molecule has 0 bridgehead atoms. The van der Waals surface area contributed by atoms with E-state index in [1.54, 1.807) is 6.07 Å². The van der Waals surface area contributed by atoms with Crippen LogP contribution in [0.3, 0.4) is 0 Å². The summed E-state index contributed by atoms with van der Waals surface area (Å²) in [7, 11) is 0. The number of nitrogens with one attached hydrogen (secondary N) is 4. The van der Waals surface area contributed by atoms with Crippen LogP contribution in [0, 0.1) is 10.1 Å². The minimum absolute atomic E-state index is 0.0115. The molecule has 3 aromatic carbocycles. The second-order valence-corrected chi connectivity index (χ2v) is 9.93. The van der Waals surface area contributed by atoms with Gasteiger partial charge < -0.3 is 21.3 Å². The lowest BCUT2D eigenvalue weighted by molar-refractivity contribution is -0.384. The summed E-state index contributed by atoms with van der Waals surface area (Å²) in [5, 5.41) is 25.0. The van der Waals surface area contributed by atoms with Gasteiger partial charge in [0.1, 0.15) is 10.6 Å². The Morgan fingerprint density at radius 3 is 2.41 bits per heavy atom. The predicted octanol–water partition coefficient (Wildman–Crippen LogP) is 2.66. The number of benzene rings is 3. The van der Waals surface area contributed by atoms with Crippen LogP contribution in [0.1, 0.15) is 24.0 Å². The van der Waals surface area contributed by atoms with Gasteiger partial charge in [0, 0.05) is 19.2 Å². The number of amides is 3.